The van der Waals surface area contributed by atoms with Crippen LogP contribution < -0.4 is 5.32 Å². The molecule has 0 saturated carbocycles. The van der Waals surface area contributed by atoms with Gasteiger partial charge in [0.05, 0.1) is 18.8 Å². The molecule has 0 aromatic carbocycles. The molecule has 2 amide bonds. The molecular weight excluding hydrogens is 254 g/mol. The third kappa shape index (κ3) is 3.19. The molecular formula is C10H15N5O4. The monoisotopic (exact) mass is 269 g/mol. The molecule has 1 aromatic heterocycles. The number of hydrogen-bond donors (Lipinski definition) is 3. The fourth-order valence-electron chi connectivity index (χ4n) is 2.00. The lowest BCUT2D eigenvalue weighted by Crippen LogP contribution is -2.46. The Labute approximate surface area is 108 Å². The van der Waals surface area contributed by atoms with E-state index in [1.54, 1.807) is 10.9 Å². The van der Waals surface area contributed by atoms with Gasteiger partial charge in [-0.3, -0.25) is 4.68 Å². The van der Waals surface area contributed by atoms with Gasteiger partial charge in [-0.1, -0.05) is 5.21 Å². The van der Waals surface area contributed by atoms with E-state index in [1.807, 2.05) is 0 Å². The number of β-amino-alcohol motifs (C(OH)–C–C–N with tert-alkyl or cyclic N) is 1. The normalized spacial score (nSPS) is 22.5. The second-order valence-electron chi connectivity index (χ2n) is 4.29. The minimum absolute atomic E-state index is 0.0339. The van der Waals surface area contributed by atoms with Gasteiger partial charge in [-0.05, 0) is 0 Å². The summed E-state index contributed by atoms with van der Waals surface area (Å²) < 4.78 is 1.55. The number of rotatable bonds is 4. The minimum atomic E-state index is -1.11. The molecule has 1 fully saturated rings. The van der Waals surface area contributed by atoms with E-state index in [2.05, 4.69) is 15.6 Å². The predicted molar refractivity (Wildman–Crippen MR) is 62.2 cm³/mol. The number of urea groups is 1. The van der Waals surface area contributed by atoms with Crippen LogP contribution in [0.1, 0.15) is 6.42 Å². The SMILES string of the molecule is O=C(O)[C@@H]1C[C@@H](O)CN1C(=O)NCCn1ccnn1. The standard InChI is InChI=1S/C10H15N5O4/c16-7-5-8(9(17)18)15(6-7)10(19)11-1-3-14-4-2-12-13-14/h2,4,7-8,16H,1,3,5-6H2,(H,11,19)(H,17,18)/t7-,8+/m1/s1. The second kappa shape index (κ2) is 5.65. The van der Waals surface area contributed by atoms with Crippen LogP contribution >= 0.6 is 0 Å². The average molecular weight is 269 g/mol. The van der Waals surface area contributed by atoms with Gasteiger partial charge in [-0.15, -0.1) is 5.10 Å². The summed E-state index contributed by atoms with van der Waals surface area (Å²) in [6, 6.07) is -1.47. The number of likely N-dealkylation sites (tertiary alicyclic amines) is 1. The van der Waals surface area contributed by atoms with E-state index in [-0.39, 0.29) is 13.0 Å². The summed E-state index contributed by atoms with van der Waals surface area (Å²) in [5.41, 5.74) is 0. The zero-order chi connectivity index (χ0) is 13.8. The van der Waals surface area contributed by atoms with Crippen molar-refractivity contribution >= 4 is 12.0 Å². The maximum atomic E-state index is 11.8. The average Bonchev–Trinajstić information content (AvgIpc) is 2.98. The molecule has 0 bridgehead atoms. The lowest BCUT2D eigenvalue weighted by molar-refractivity contribution is -0.141. The lowest BCUT2D eigenvalue weighted by Gasteiger charge is -2.21. The Hall–Kier alpha value is -2.16. The Balaban J connectivity index is 1.83. The maximum Gasteiger partial charge on any atom is 0.326 e. The van der Waals surface area contributed by atoms with Gasteiger partial charge >= 0.3 is 12.0 Å². The van der Waals surface area contributed by atoms with Gasteiger partial charge in [0, 0.05) is 25.7 Å². The zero-order valence-corrected chi connectivity index (χ0v) is 10.1. The smallest absolute Gasteiger partial charge is 0.326 e. The van der Waals surface area contributed by atoms with Gasteiger partial charge in [-0.25, -0.2) is 9.59 Å². The van der Waals surface area contributed by atoms with E-state index in [9.17, 15) is 14.7 Å². The number of nitrogens with one attached hydrogen (secondary N) is 1. The van der Waals surface area contributed by atoms with Crippen molar-refractivity contribution in [2.75, 3.05) is 13.1 Å². The highest BCUT2D eigenvalue weighted by Crippen LogP contribution is 2.17. The zero-order valence-electron chi connectivity index (χ0n) is 10.1. The number of aliphatic carboxylic acids is 1. The minimum Gasteiger partial charge on any atom is -0.480 e. The van der Waals surface area contributed by atoms with E-state index in [0.29, 0.717) is 13.1 Å². The molecule has 0 spiro atoms. The molecule has 1 aliphatic rings. The van der Waals surface area contributed by atoms with Crippen molar-refractivity contribution in [3.05, 3.63) is 12.4 Å². The number of hydrogen-bond acceptors (Lipinski definition) is 5. The van der Waals surface area contributed by atoms with Crippen molar-refractivity contribution in [3.8, 4) is 0 Å². The Bertz CT molecular complexity index is 449. The third-order valence-electron chi connectivity index (χ3n) is 2.91. The molecule has 2 heterocycles. The maximum absolute atomic E-state index is 11.8. The Morgan fingerprint density at radius 2 is 2.26 bits per heavy atom. The fourth-order valence-corrected chi connectivity index (χ4v) is 2.00. The first-order valence-corrected chi connectivity index (χ1v) is 5.87. The first kappa shape index (κ1) is 13.3. The number of aromatic nitrogens is 3. The molecule has 19 heavy (non-hydrogen) atoms. The van der Waals surface area contributed by atoms with Crippen molar-refractivity contribution < 1.29 is 19.8 Å². The van der Waals surface area contributed by atoms with E-state index in [1.165, 1.54) is 6.20 Å². The number of carbonyl (C=O) groups is 2. The van der Waals surface area contributed by atoms with Crippen LogP contribution in [0.15, 0.2) is 12.4 Å². The molecule has 1 saturated heterocycles. The lowest BCUT2D eigenvalue weighted by atomic mass is 10.2. The Kier molecular flexibility index (Phi) is 3.95. The number of carboxylic acid groups (broad SMARTS) is 1. The van der Waals surface area contributed by atoms with E-state index < -0.39 is 24.1 Å². The van der Waals surface area contributed by atoms with Crippen molar-refractivity contribution in [3.63, 3.8) is 0 Å². The van der Waals surface area contributed by atoms with Crippen LogP contribution in [0, 0.1) is 0 Å². The van der Waals surface area contributed by atoms with Crippen LogP contribution in [0.4, 0.5) is 4.79 Å². The molecule has 104 valence electrons. The topological polar surface area (TPSA) is 121 Å². The molecule has 0 radical (unpaired) electrons. The van der Waals surface area contributed by atoms with Crippen molar-refractivity contribution in [2.24, 2.45) is 0 Å². The van der Waals surface area contributed by atoms with Crippen LogP contribution in [0.2, 0.25) is 0 Å². The Morgan fingerprint density at radius 3 is 2.89 bits per heavy atom. The highest BCUT2D eigenvalue weighted by atomic mass is 16.4. The van der Waals surface area contributed by atoms with Crippen LogP contribution in [0.25, 0.3) is 0 Å². The molecule has 9 heteroatoms. The molecule has 2 rings (SSSR count). The predicted octanol–water partition coefficient (Wildman–Crippen LogP) is -1.49. The Morgan fingerprint density at radius 1 is 1.47 bits per heavy atom. The molecule has 1 aliphatic heterocycles. The van der Waals surface area contributed by atoms with Gasteiger partial charge in [0.15, 0.2) is 0 Å². The van der Waals surface area contributed by atoms with E-state index in [4.69, 9.17) is 5.11 Å². The van der Waals surface area contributed by atoms with Crippen LogP contribution in [-0.2, 0) is 11.3 Å². The van der Waals surface area contributed by atoms with Gasteiger partial charge < -0.3 is 20.4 Å². The van der Waals surface area contributed by atoms with Crippen molar-refractivity contribution in [2.45, 2.75) is 25.1 Å². The highest BCUT2D eigenvalue weighted by Gasteiger charge is 2.38. The first-order chi connectivity index (χ1) is 9.08. The number of nitrogens with zero attached hydrogens (tertiary/aromatic N) is 4. The third-order valence-corrected chi connectivity index (χ3v) is 2.91. The number of aliphatic hydroxyl groups excluding tert-OH is 1. The fraction of sp³-hybridized carbons (Fsp3) is 0.600. The number of aliphatic hydroxyl groups is 1. The largest absolute Gasteiger partial charge is 0.480 e. The first-order valence-electron chi connectivity index (χ1n) is 5.87. The summed E-state index contributed by atoms with van der Waals surface area (Å²) in [7, 11) is 0. The van der Waals surface area contributed by atoms with E-state index >= 15 is 0 Å². The second-order valence-corrected chi connectivity index (χ2v) is 4.29. The molecule has 0 aliphatic carbocycles. The summed E-state index contributed by atoms with van der Waals surface area (Å²) in [4.78, 5) is 23.9. The van der Waals surface area contributed by atoms with Crippen LogP contribution in [0.3, 0.4) is 0 Å². The van der Waals surface area contributed by atoms with Crippen LogP contribution in [-0.4, -0.2) is 67.3 Å². The number of amides is 2. The molecule has 1 aromatic rings. The van der Waals surface area contributed by atoms with Crippen molar-refractivity contribution in [1.82, 2.24) is 25.2 Å². The summed E-state index contributed by atoms with van der Waals surface area (Å²) in [6.45, 7) is 0.785. The molecule has 2 atom stereocenters. The quantitative estimate of drug-likeness (QED) is 0.612. The van der Waals surface area contributed by atoms with Crippen LogP contribution in [0.5, 0.6) is 0 Å². The van der Waals surface area contributed by atoms with Crippen molar-refractivity contribution in [1.29, 1.82) is 0 Å². The number of carbonyl (C=O) groups excluding carboxylic acids is 1. The summed E-state index contributed by atoms with van der Waals surface area (Å²) in [5, 5.41) is 28.4. The summed E-state index contributed by atoms with van der Waals surface area (Å²) in [5.74, 6) is -1.11. The summed E-state index contributed by atoms with van der Waals surface area (Å²) >= 11 is 0. The van der Waals surface area contributed by atoms with E-state index in [0.717, 1.165) is 4.90 Å². The van der Waals surface area contributed by atoms with Gasteiger partial charge in [-0.2, -0.15) is 0 Å². The molecule has 3 N–H and O–H groups in total. The number of carboxylic acids is 1. The highest BCUT2D eigenvalue weighted by molar-refractivity contribution is 5.83. The van der Waals surface area contributed by atoms with Gasteiger partial charge in [0.25, 0.3) is 0 Å². The summed E-state index contributed by atoms with van der Waals surface area (Å²) in [6.07, 6.45) is 2.46. The molecule has 0 unspecified atom stereocenters. The molecule has 9 nitrogen and oxygen atoms in total. The van der Waals surface area contributed by atoms with Gasteiger partial charge in [0.1, 0.15) is 6.04 Å². The van der Waals surface area contributed by atoms with Gasteiger partial charge in [0.2, 0.25) is 0 Å².